The number of hydrogen-bond donors (Lipinski definition) is 1. The molecule has 1 N–H and O–H groups in total. The number of benzene rings is 3. The first-order valence-corrected chi connectivity index (χ1v) is 12.0. The van der Waals surface area contributed by atoms with Gasteiger partial charge in [-0.3, -0.25) is 4.57 Å². The smallest absolute Gasteiger partial charge is 0.195 e. The van der Waals surface area contributed by atoms with Crippen LogP contribution in [-0.4, -0.2) is 20.5 Å². The number of aromatic nitrogens is 3. The third kappa shape index (κ3) is 5.64. The van der Waals surface area contributed by atoms with Crippen LogP contribution in [0.5, 0.6) is 0 Å². The molecular formula is C24H23IN4S. The van der Waals surface area contributed by atoms with Crippen LogP contribution in [0.2, 0.25) is 0 Å². The molecule has 0 amide bonds. The van der Waals surface area contributed by atoms with Crippen molar-refractivity contribution in [2.45, 2.75) is 24.5 Å². The average Bonchev–Trinajstić information content (AvgIpc) is 3.20. The van der Waals surface area contributed by atoms with Gasteiger partial charge in [-0.1, -0.05) is 60.3 Å². The van der Waals surface area contributed by atoms with Crippen LogP contribution in [-0.2, 0) is 13.0 Å². The minimum absolute atomic E-state index is 0.618. The molecule has 0 radical (unpaired) electrons. The summed E-state index contributed by atoms with van der Waals surface area (Å²) in [6.07, 6.45) is 2.18. The summed E-state index contributed by atoms with van der Waals surface area (Å²) in [5, 5.41) is 13.4. The molecular weight excluding hydrogens is 503 g/mol. The molecule has 30 heavy (non-hydrogen) atoms. The number of halogens is 1. The number of para-hydroxylation sites is 1. The van der Waals surface area contributed by atoms with Crippen LogP contribution in [0.3, 0.4) is 0 Å². The zero-order valence-electron chi connectivity index (χ0n) is 16.5. The highest BCUT2D eigenvalue weighted by Gasteiger charge is 2.14. The van der Waals surface area contributed by atoms with Crippen LogP contribution in [0.1, 0.15) is 17.8 Å². The number of hydrogen-bond acceptors (Lipinski definition) is 4. The van der Waals surface area contributed by atoms with Crippen LogP contribution in [0.25, 0.3) is 5.69 Å². The Labute approximate surface area is 195 Å². The molecule has 0 aliphatic heterocycles. The van der Waals surface area contributed by atoms with E-state index in [0.29, 0.717) is 6.54 Å². The molecule has 152 valence electrons. The van der Waals surface area contributed by atoms with Gasteiger partial charge in [-0.25, -0.2) is 0 Å². The Balaban J connectivity index is 1.45. The van der Waals surface area contributed by atoms with Crippen molar-refractivity contribution in [1.29, 1.82) is 0 Å². The number of nitrogens with one attached hydrogen (secondary N) is 1. The van der Waals surface area contributed by atoms with E-state index in [0.717, 1.165) is 41.0 Å². The molecule has 4 nitrogen and oxygen atoms in total. The lowest BCUT2D eigenvalue weighted by Crippen LogP contribution is -2.08. The summed E-state index contributed by atoms with van der Waals surface area (Å²) in [5.41, 5.74) is 3.55. The Morgan fingerprint density at radius 1 is 0.833 bits per heavy atom. The maximum atomic E-state index is 4.50. The van der Waals surface area contributed by atoms with Gasteiger partial charge >= 0.3 is 0 Å². The average molecular weight is 526 g/mol. The molecule has 0 spiro atoms. The topological polar surface area (TPSA) is 42.7 Å². The molecule has 0 saturated heterocycles. The maximum absolute atomic E-state index is 4.50. The SMILES string of the molecule is Ic1ccc(NCc2nnc(SCCCc3ccccc3)n2-c2ccccc2)cc1. The molecule has 0 fully saturated rings. The van der Waals surface area contributed by atoms with E-state index < -0.39 is 0 Å². The minimum Gasteiger partial charge on any atom is -0.378 e. The Hall–Kier alpha value is -2.32. The lowest BCUT2D eigenvalue weighted by Gasteiger charge is -2.11. The Kier molecular flexibility index (Phi) is 7.42. The lowest BCUT2D eigenvalue weighted by atomic mass is 10.1. The summed E-state index contributed by atoms with van der Waals surface area (Å²) in [7, 11) is 0. The molecule has 0 atom stereocenters. The van der Waals surface area contributed by atoms with E-state index in [2.05, 4.69) is 122 Å². The van der Waals surface area contributed by atoms with E-state index in [4.69, 9.17) is 0 Å². The predicted molar refractivity (Wildman–Crippen MR) is 133 cm³/mol. The molecule has 3 aromatic carbocycles. The van der Waals surface area contributed by atoms with Gasteiger partial charge in [-0.15, -0.1) is 10.2 Å². The van der Waals surface area contributed by atoms with Gasteiger partial charge < -0.3 is 5.32 Å². The molecule has 0 aliphatic rings. The second-order valence-corrected chi connectivity index (χ2v) is 9.18. The van der Waals surface area contributed by atoms with Crippen molar-refractivity contribution in [3.05, 3.63) is 99.9 Å². The van der Waals surface area contributed by atoms with Gasteiger partial charge in [-0.05, 0) is 77.4 Å². The highest BCUT2D eigenvalue weighted by Crippen LogP contribution is 2.24. The monoisotopic (exact) mass is 526 g/mol. The second-order valence-electron chi connectivity index (χ2n) is 6.87. The van der Waals surface area contributed by atoms with Gasteiger partial charge in [0, 0.05) is 20.7 Å². The Morgan fingerprint density at radius 3 is 2.27 bits per heavy atom. The van der Waals surface area contributed by atoms with Crippen molar-refractivity contribution in [2.75, 3.05) is 11.1 Å². The normalized spacial score (nSPS) is 10.8. The van der Waals surface area contributed by atoms with Gasteiger partial charge in [0.15, 0.2) is 11.0 Å². The highest BCUT2D eigenvalue weighted by atomic mass is 127. The molecule has 0 unspecified atom stereocenters. The first-order chi connectivity index (χ1) is 14.8. The van der Waals surface area contributed by atoms with Crippen molar-refractivity contribution in [1.82, 2.24) is 14.8 Å². The summed E-state index contributed by atoms with van der Waals surface area (Å²) in [6.45, 7) is 0.618. The van der Waals surface area contributed by atoms with Crippen LogP contribution < -0.4 is 5.32 Å². The standard InChI is InChI=1S/C24H23IN4S/c25-20-13-15-21(16-14-20)26-18-23-27-28-24(29(23)22-11-5-2-6-12-22)30-17-7-10-19-8-3-1-4-9-19/h1-6,8-9,11-16,26H,7,10,17-18H2. The molecule has 6 heteroatoms. The zero-order chi connectivity index (χ0) is 20.6. The third-order valence-corrected chi connectivity index (χ3v) is 6.43. The zero-order valence-corrected chi connectivity index (χ0v) is 19.5. The van der Waals surface area contributed by atoms with Crippen molar-refractivity contribution < 1.29 is 0 Å². The summed E-state index contributed by atoms with van der Waals surface area (Å²) < 4.78 is 3.38. The largest absolute Gasteiger partial charge is 0.378 e. The number of aryl methyl sites for hydroxylation is 1. The van der Waals surface area contributed by atoms with E-state index in [-0.39, 0.29) is 0 Å². The van der Waals surface area contributed by atoms with Crippen LogP contribution in [0.15, 0.2) is 90.1 Å². The first kappa shape index (κ1) is 20.9. The molecule has 4 aromatic rings. The third-order valence-electron chi connectivity index (χ3n) is 4.69. The highest BCUT2D eigenvalue weighted by molar-refractivity contribution is 14.1. The molecule has 1 aromatic heterocycles. The maximum Gasteiger partial charge on any atom is 0.195 e. The van der Waals surface area contributed by atoms with E-state index >= 15 is 0 Å². The van der Waals surface area contributed by atoms with E-state index in [1.807, 2.05) is 6.07 Å². The Bertz CT molecular complexity index is 1050. The fraction of sp³-hybridized carbons (Fsp3) is 0.167. The first-order valence-electron chi connectivity index (χ1n) is 9.95. The quantitative estimate of drug-likeness (QED) is 0.160. The number of anilines is 1. The predicted octanol–water partition coefficient (Wildman–Crippen LogP) is 6.21. The van der Waals surface area contributed by atoms with Crippen LogP contribution in [0, 0.1) is 3.57 Å². The lowest BCUT2D eigenvalue weighted by molar-refractivity contribution is 0.837. The molecule has 0 saturated carbocycles. The number of thioether (sulfide) groups is 1. The van der Waals surface area contributed by atoms with Gasteiger partial charge in [0.1, 0.15) is 0 Å². The molecule has 1 heterocycles. The van der Waals surface area contributed by atoms with Gasteiger partial charge in [-0.2, -0.15) is 0 Å². The van der Waals surface area contributed by atoms with Crippen LogP contribution in [0.4, 0.5) is 5.69 Å². The minimum atomic E-state index is 0.618. The summed E-state index contributed by atoms with van der Waals surface area (Å²) >= 11 is 4.08. The molecule has 4 rings (SSSR count). The number of nitrogens with zero attached hydrogens (tertiary/aromatic N) is 3. The van der Waals surface area contributed by atoms with Gasteiger partial charge in [0.2, 0.25) is 0 Å². The van der Waals surface area contributed by atoms with Crippen molar-refractivity contribution in [3.63, 3.8) is 0 Å². The molecule has 0 aliphatic carbocycles. The summed E-state index contributed by atoms with van der Waals surface area (Å²) in [4.78, 5) is 0. The fourth-order valence-electron chi connectivity index (χ4n) is 3.18. The fourth-order valence-corrected chi connectivity index (χ4v) is 4.45. The van der Waals surface area contributed by atoms with E-state index in [1.54, 1.807) is 11.8 Å². The van der Waals surface area contributed by atoms with Crippen LogP contribution >= 0.6 is 34.4 Å². The summed E-state index contributed by atoms with van der Waals surface area (Å²) in [5.74, 6) is 1.91. The van der Waals surface area contributed by atoms with E-state index in [1.165, 1.54) is 9.13 Å². The number of rotatable bonds is 9. The van der Waals surface area contributed by atoms with Crippen molar-refractivity contribution in [2.24, 2.45) is 0 Å². The van der Waals surface area contributed by atoms with Crippen molar-refractivity contribution >= 4 is 40.0 Å². The Morgan fingerprint density at radius 2 is 1.53 bits per heavy atom. The molecule has 0 bridgehead atoms. The summed E-state index contributed by atoms with van der Waals surface area (Å²) in [6, 6.07) is 29.3. The van der Waals surface area contributed by atoms with E-state index in [9.17, 15) is 0 Å². The van der Waals surface area contributed by atoms with Crippen molar-refractivity contribution in [3.8, 4) is 5.69 Å². The second kappa shape index (κ2) is 10.6. The van der Waals surface area contributed by atoms with Gasteiger partial charge in [0.25, 0.3) is 0 Å². The van der Waals surface area contributed by atoms with Gasteiger partial charge in [0.05, 0.1) is 6.54 Å².